The molecule has 2 aromatic rings. The Morgan fingerprint density at radius 1 is 1.17 bits per heavy atom. The summed E-state index contributed by atoms with van der Waals surface area (Å²) in [5.41, 5.74) is 0.763. The molecule has 0 bridgehead atoms. The van der Waals surface area contributed by atoms with Crippen LogP contribution in [0, 0.1) is 5.41 Å². The molecule has 1 heterocycles. The van der Waals surface area contributed by atoms with Crippen LogP contribution in [0.4, 0.5) is 13.2 Å². The van der Waals surface area contributed by atoms with Gasteiger partial charge in [0.1, 0.15) is 0 Å². The number of hydrogen-bond donors (Lipinski definition) is 1. The molecule has 1 saturated heterocycles. The summed E-state index contributed by atoms with van der Waals surface area (Å²) < 4.78 is 40.0. The van der Waals surface area contributed by atoms with Gasteiger partial charge in [0.05, 0.1) is 11.5 Å². The maximum Gasteiger partial charge on any atom is 0.414 e. The quantitative estimate of drug-likeness (QED) is 0.357. The molecule has 35 heavy (non-hydrogen) atoms. The number of piperidine rings is 1. The van der Waals surface area contributed by atoms with E-state index in [1.807, 2.05) is 25.1 Å². The summed E-state index contributed by atoms with van der Waals surface area (Å²) in [6, 6.07) is 12.9. The van der Waals surface area contributed by atoms with E-state index >= 15 is 0 Å². The van der Waals surface area contributed by atoms with Crippen molar-refractivity contribution < 1.29 is 23.1 Å². The first-order chi connectivity index (χ1) is 16.4. The molecule has 1 fully saturated rings. The smallest absolute Gasteiger partial charge is 0.384 e. The number of aliphatic hydroxyl groups is 1. The van der Waals surface area contributed by atoms with Gasteiger partial charge in [0, 0.05) is 28.4 Å². The minimum absolute atomic E-state index is 0.245. The Hall–Kier alpha value is -2.02. The van der Waals surface area contributed by atoms with Crippen molar-refractivity contribution in [1.82, 2.24) is 4.90 Å². The molecule has 190 valence electrons. The Morgan fingerprint density at radius 3 is 2.37 bits per heavy atom. The average molecular weight is 528 g/mol. The summed E-state index contributed by atoms with van der Waals surface area (Å²) in [5.74, 6) is -0.508. The minimum Gasteiger partial charge on any atom is -0.384 e. The van der Waals surface area contributed by atoms with Gasteiger partial charge in [-0.1, -0.05) is 67.4 Å². The number of hydrogen-bond acceptors (Lipinski definition) is 2. The number of alkyl halides is 3. The van der Waals surface area contributed by atoms with Gasteiger partial charge in [-0.3, -0.25) is 4.79 Å². The monoisotopic (exact) mass is 527 g/mol. The number of benzene rings is 2. The Labute approximate surface area is 214 Å². The molecule has 0 aromatic heterocycles. The van der Waals surface area contributed by atoms with Crippen LogP contribution in [0.2, 0.25) is 10.0 Å². The molecule has 2 aromatic carbocycles. The van der Waals surface area contributed by atoms with Crippen molar-refractivity contribution in [3.63, 3.8) is 0 Å². The van der Waals surface area contributed by atoms with Gasteiger partial charge in [-0.15, -0.1) is 6.58 Å². The molecule has 1 aliphatic heterocycles. The largest absolute Gasteiger partial charge is 0.414 e. The van der Waals surface area contributed by atoms with E-state index in [0.29, 0.717) is 22.9 Å². The van der Waals surface area contributed by atoms with Gasteiger partial charge < -0.3 is 10.0 Å². The molecule has 3 rings (SSSR count). The summed E-state index contributed by atoms with van der Waals surface area (Å²) in [5, 5.41) is 11.0. The zero-order valence-corrected chi connectivity index (χ0v) is 21.2. The first-order valence-electron chi connectivity index (χ1n) is 11.6. The third kappa shape index (κ3) is 6.04. The molecular weight excluding hydrogens is 498 g/mol. The second kappa shape index (κ2) is 10.9. The molecule has 3 unspecified atom stereocenters. The predicted molar refractivity (Wildman–Crippen MR) is 134 cm³/mol. The molecule has 1 N–H and O–H groups in total. The zero-order chi connectivity index (χ0) is 26.0. The Morgan fingerprint density at radius 2 is 1.83 bits per heavy atom. The van der Waals surface area contributed by atoms with Crippen LogP contribution in [0.5, 0.6) is 0 Å². The Balaban J connectivity index is 2.21. The van der Waals surface area contributed by atoms with Crippen molar-refractivity contribution in [3.8, 4) is 0 Å². The lowest BCUT2D eigenvalue weighted by Gasteiger charge is -2.52. The van der Waals surface area contributed by atoms with E-state index in [2.05, 4.69) is 6.58 Å². The number of nitrogens with zero attached hydrogens (tertiary/aromatic N) is 1. The third-order valence-corrected chi connectivity index (χ3v) is 7.41. The molecule has 0 spiro atoms. The van der Waals surface area contributed by atoms with Crippen molar-refractivity contribution in [2.45, 2.75) is 69.8 Å². The highest BCUT2D eigenvalue weighted by Gasteiger charge is 2.52. The molecule has 1 amide bonds. The van der Waals surface area contributed by atoms with Gasteiger partial charge in [-0.05, 0) is 54.7 Å². The zero-order valence-electron chi connectivity index (χ0n) is 19.7. The second-order valence-electron chi connectivity index (χ2n) is 9.48. The fourth-order valence-electron chi connectivity index (χ4n) is 5.16. The molecule has 0 radical (unpaired) electrons. The van der Waals surface area contributed by atoms with Crippen molar-refractivity contribution in [3.05, 3.63) is 82.4 Å². The average Bonchev–Trinajstić information content (AvgIpc) is 2.79. The van der Waals surface area contributed by atoms with E-state index in [0.717, 1.165) is 11.1 Å². The Kier molecular flexibility index (Phi) is 8.61. The molecule has 5 atom stereocenters. The lowest BCUT2D eigenvalue weighted by Crippen LogP contribution is -2.56. The molecule has 1 aliphatic rings. The van der Waals surface area contributed by atoms with E-state index in [4.69, 9.17) is 23.2 Å². The van der Waals surface area contributed by atoms with Crippen LogP contribution in [0.25, 0.3) is 0 Å². The highest BCUT2D eigenvalue weighted by atomic mass is 35.5. The predicted octanol–water partition coefficient (Wildman–Crippen LogP) is 7.72. The first kappa shape index (κ1) is 27.6. The fraction of sp³-hybridized carbons (Fsp3) is 0.444. The maximum atomic E-state index is 14.0. The van der Waals surface area contributed by atoms with Crippen molar-refractivity contribution in [1.29, 1.82) is 0 Å². The Bertz CT molecular complexity index is 1040. The normalized spacial score (nSPS) is 24.8. The van der Waals surface area contributed by atoms with Crippen LogP contribution >= 0.6 is 23.2 Å². The summed E-state index contributed by atoms with van der Waals surface area (Å²) in [4.78, 5) is 15.6. The van der Waals surface area contributed by atoms with Crippen LogP contribution in [0.1, 0.15) is 62.6 Å². The highest BCUT2D eigenvalue weighted by molar-refractivity contribution is 6.30. The summed E-state index contributed by atoms with van der Waals surface area (Å²) in [6.07, 6.45) is -5.19. The summed E-state index contributed by atoms with van der Waals surface area (Å²) in [6.45, 7) is 7.36. The number of carbonyl (C=O) groups is 1. The van der Waals surface area contributed by atoms with E-state index in [1.165, 1.54) is 0 Å². The van der Waals surface area contributed by atoms with Gasteiger partial charge in [-0.25, -0.2) is 0 Å². The number of aliphatic hydroxyl groups excluding tert-OH is 1. The molecule has 8 heteroatoms. The van der Waals surface area contributed by atoms with Gasteiger partial charge in [0.25, 0.3) is 0 Å². The van der Waals surface area contributed by atoms with E-state index in [-0.39, 0.29) is 18.2 Å². The van der Waals surface area contributed by atoms with Gasteiger partial charge in [0.15, 0.2) is 6.10 Å². The van der Waals surface area contributed by atoms with Gasteiger partial charge in [-0.2, -0.15) is 13.2 Å². The highest BCUT2D eigenvalue weighted by Crippen LogP contribution is 2.52. The fourth-order valence-corrected chi connectivity index (χ4v) is 5.48. The van der Waals surface area contributed by atoms with Gasteiger partial charge in [0.2, 0.25) is 5.91 Å². The van der Waals surface area contributed by atoms with E-state index in [9.17, 15) is 23.1 Å². The maximum absolute atomic E-state index is 14.0. The number of carbonyl (C=O) groups excluding carboxylic acids is 1. The minimum atomic E-state index is -4.78. The number of halogens is 5. The van der Waals surface area contributed by atoms with E-state index < -0.39 is 36.2 Å². The van der Waals surface area contributed by atoms with Crippen molar-refractivity contribution in [2.75, 3.05) is 0 Å². The van der Waals surface area contributed by atoms with Crippen LogP contribution in [0.3, 0.4) is 0 Å². The first-order valence-corrected chi connectivity index (χ1v) is 12.4. The van der Waals surface area contributed by atoms with Crippen LogP contribution in [-0.4, -0.2) is 34.2 Å². The summed E-state index contributed by atoms with van der Waals surface area (Å²) >= 11 is 12.4. The molecule has 0 saturated carbocycles. The number of amides is 1. The van der Waals surface area contributed by atoms with Crippen LogP contribution in [0.15, 0.2) is 61.2 Å². The third-order valence-electron chi connectivity index (χ3n) is 6.92. The lowest BCUT2D eigenvalue weighted by molar-refractivity contribution is -0.211. The molecule has 0 aliphatic carbocycles. The van der Waals surface area contributed by atoms with E-state index in [1.54, 1.807) is 48.2 Å². The summed E-state index contributed by atoms with van der Waals surface area (Å²) in [7, 11) is 0. The molecule has 3 nitrogen and oxygen atoms in total. The lowest BCUT2D eigenvalue weighted by atomic mass is 9.67. The van der Waals surface area contributed by atoms with Gasteiger partial charge >= 0.3 is 6.18 Å². The number of rotatable bonds is 8. The number of allylic oxidation sites excluding steroid dienone is 1. The standard InChI is InChI=1S/C27H30Cl2F3NO2/c1-4-13-26(3)16-22(18-7-6-8-20(29)14-18)24(17-9-11-19(28)12-10-17)33(25(26)35)21(5-2)15-23(34)27(30,31)32/h4,6-12,14,21-24,34H,1,5,13,15-16H2,2-3H3/t21?,22?,23-,24?,26+/m1/s1. The molecular formula is C27H30Cl2F3NO2. The van der Waals surface area contributed by atoms with Crippen molar-refractivity contribution in [2.24, 2.45) is 5.41 Å². The SMILES string of the molecule is C=CC[C@@]1(C)CC(c2cccc(Cl)c2)C(c2ccc(Cl)cc2)N(C(CC)C[C@@H](O)C(F)(F)F)C1=O. The second-order valence-corrected chi connectivity index (χ2v) is 10.4. The van der Waals surface area contributed by atoms with Crippen molar-refractivity contribution >= 4 is 29.1 Å². The number of likely N-dealkylation sites (tertiary alicyclic amines) is 1. The van der Waals surface area contributed by atoms with Crippen LogP contribution < -0.4 is 0 Å². The van der Waals surface area contributed by atoms with Crippen LogP contribution in [-0.2, 0) is 4.79 Å². The topological polar surface area (TPSA) is 40.5 Å².